The number of nitrogens with one attached hydrogen (secondary N) is 1. The molecule has 0 aliphatic carbocycles. The Morgan fingerprint density at radius 3 is 2.33 bits per heavy atom. The minimum atomic E-state index is 0.310. The molecule has 0 bridgehead atoms. The molecule has 0 saturated carbocycles. The summed E-state index contributed by atoms with van der Waals surface area (Å²) in [5, 5.41) is 3.26. The molecular formula is C16H27NO. The SMILES string of the molecule is CCCC(C)Oc1ccc(CCC(C)NC)cc1. The Morgan fingerprint density at radius 2 is 1.78 bits per heavy atom. The Labute approximate surface area is 112 Å². The summed E-state index contributed by atoms with van der Waals surface area (Å²) in [5.74, 6) is 0.987. The summed E-state index contributed by atoms with van der Waals surface area (Å²) in [6.07, 6.45) is 4.88. The van der Waals surface area contributed by atoms with E-state index in [2.05, 4.69) is 50.4 Å². The fraction of sp³-hybridized carbons (Fsp3) is 0.625. The maximum absolute atomic E-state index is 5.84. The van der Waals surface area contributed by atoms with E-state index in [4.69, 9.17) is 4.74 Å². The van der Waals surface area contributed by atoms with Gasteiger partial charge in [0, 0.05) is 6.04 Å². The van der Waals surface area contributed by atoms with Crippen molar-refractivity contribution >= 4 is 0 Å². The zero-order valence-electron chi connectivity index (χ0n) is 12.2. The van der Waals surface area contributed by atoms with E-state index >= 15 is 0 Å². The van der Waals surface area contributed by atoms with Crippen molar-refractivity contribution in [2.75, 3.05) is 7.05 Å². The topological polar surface area (TPSA) is 21.3 Å². The van der Waals surface area contributed by atoms with Crippen LogP contribution in [0, 0.1) is 0 Å². The number of hydrogen-bond acceptors (Lipinski definition) is 2. The Kier molecular flexibility index (Phi) is 6.81. The second-order valence-electron chi connectivity index (χ2n) is 5.09. The van der Waals surface area contributed by atoms with Gasteiger partial charge in [-0.25, -0.2) is 0 Å². The first-order valence-electron chi connectivity index (χ1n) is 7.08. The third-order valence-electron chi connectivity index (χ3n) is 3.31. The molecule has 1 N–H and O–H groups in total. The van der Waals surface area contributed by atoms with Crippen molar-refractivity contribution in [2.45, 2.75) is 58.6 Å². The van der Waals surface area contributed by atoms with E-state index in [1.165, 1.54) is 18.4 Å². The predicted molar refractivity (Wildman–Crippen MR) is 78.3 cm³/mol. The van der Waals surface area contributed by atoms with Crippen LogP contribution in [-0.2, 0) is 6.42 Å². The highest BCUT2D eigenvalue weighted by atomic mass is 16.5. The smallest absolute Gasteiger partial charge is 0.119 e. The zero-order valence-corrected chi connectivity index (χ0v) is 12.2. The third-order valence-corrected chi connectivity index (χ3v) is 3.31. The average molecular weight is 249 g/mol. The van der Waals surface area contributed by atoms with Gasteiger partial charge in [0.1, 0.15) is 5.75 Å². The molecule has 2 unspecified atom stereocenters. The summed E-state index contributed by atoms with van der Waals surface area (Å²) in [6, 6.07) is 9.11. The van der Waals surface area contributed by atoms with Crippen LogP contribution in [0.25, 0.3) is 0 Å². The van der Waals surface area contributed by atoms with E-state index in [0.717, 1.165) is 18.6 Å². The molecule has 0 radical (unpaired) electrons. The quantitative estimate of drug-likeness (QED) is 0.756. The van der Waals surface area contributed by atoms with E-state index in [9.17, 15) is 0 Å². The molecule has 2 heteroatoms. The first-order valence-corrected chi connectivity index (χ1v) is 7.08. The van der Waals surface area contributed by atoms with E-state index in [-0.39, 0.29) is 0 Å². The number of ether oxygens (including phenoxy) is 1. The molecule has 0 amide bonds. The number of rotatable bonds is 8. The summed E-state index contributed by atoms with van der Waals surface area (Å²) in [5.41, 5.74) is 1.38. The predicted octanol–water partition coefficient (Wildman–Crippen LogP) is 3.79. The largest absolute Gasteiger partial charge is 0.491 e. The van der Waals surface area contributed by atoms with E-state index in [1.54, 1.807) is 0 Å². The summed E-state index contributed by atoms with van der Waals surface area (Å²) in [7, 11) is 2.01. The van der Waals surface area contributed by atoms with Gasteiger partial charge in [0.25, 0.3) is 0 Å². The van der Waals surface area contributed by atoms with Crippen molar-refractivity contribution in [3.63, 3.8) is 0 Å². The highest BCUT2D eigenvalue weighted by Gasteiger charge is 2.03. The fourth-order valence-electron chi connectivity index (χ4n) is 1.96. The standard InChI is InChI=1S/C16H27NO/c1-5-6-14(3)18-16-11-9-15(10-12-16)8-7-13(2)17-4/h9-14,17H,5-8H2,1-4H3. The molecule has 0 spiro atoms. The van der Waals surface area contributed by atoms with E-state index in [0.29, 0.717) is 12.1 Å². The molecule has 1 aromatic rings. The Balaban J connectivity index is 2.42. The monoisotopic (exact) mass is 249 g/mol. The first kappa shape index (κ1) is 15.0. The van der Waals surface area contributed by atoms with Crippen molar-refractivity contribution in [1.29, 1.82) is 0 Å². The summed E-state index contributed by atoms with van der Waals surface area (Å²) < 4.78 is 5.84. The van der Waals surface area contributed by atoms with Gasteiger partial charge in [0.2, 0.25) is 0 Å². The van der Waals surface area contributed by atoms with Gasteiger partial charge in [0.05, 0.1) is 6.10 Å². The molecule has 2 nitrogen and oxygen atoms in total. The molecule has 0 saturated heterocycles. The van der Waals surface area contributed by atoms with Crippen molar-refractivity contribution in [3.8, 4) is 5.75 Å². The van der Waals surface area contributed by atoms with Crippen LogP contribution in [0.2, 0.25) is 0 Å². The van der Waals surface area contributed by atoms with Gasteiger partial charge in [-0.05, 0) is 57.9 Å². The molecule has 18 heavy (non-hydrogen) atoms. The molecule has 0 fully saturated rings. The molecule has 102 valence electrons. The van der Waals surface area contributed by atoms with Gasteiger partial charge in [-0.3, -0.25) is 0 Å². The molecule has 1 rings (SSSR count). The van der Waals surface area contributed by atoms with Crippen molar-refractivity contribution in [1.82, 2.24) is 5.32 Å². The van der Waals surface area contributed by atoms with Crippen LogP contribution in [0.3, 0.4) is 0 Å². The number of benzene rings is 1. The van der Waals surface area contributed by atoms with Crippen LogP contribution in [0.1, 0.15) is 45.6 Å². The molecular weight excluding hydrogens is 222 g/mol. The molecule has 2 atom stereocenters. The normalized spacial score (nSPS) is 14.2. The number of hydrogen-bond donors (Lipinski definition) is 1. The maximum Gasteiger partial charge on any atom is 0.119 e. The minimum Gasteiger partial charge on any atom is -0.491 e. The summed E-state index contributed by atoms with van der Waals surface area (Å²) in [6.45, 7) is 6.53. The summed E-state index contributed by atoms with van der Waals surface area (Å²) in [4.78, 5) is 0. The van der Waals surface area contributed by atoms with E-state index in [1.807, 2.05) is 7.05 Å². The lowest BCUT2D eigenvalue weighted by molar-refractivity contribution is 0.210. The van der Waals surface area contributed by atoms with Gasteiger partial charge in [0.15, 0.2) is 0 Å². The van der Waals surface area contributed by atoms with Crippen LogP contribution >= 0.6 is 0 Å². The Morgan fingerprint density at radius 1 is 1.11 bits per heavy atom. The lowest BCUT2D eigenvalue weighted by Gasteiger charge is -2.14. The first-order chi connectivity index (χ1) is 8.65. The fourth-order valence-corrected chi connectivity index (χ4v) is 1.96. The second-order valence-corrected chi connectivity index (χ2v) is 5.09. The Hall–Kier alpha value is -1.02. The lowest BCUT2D eigenvalue weighted by Crippen LogP contribution is -2.21. The molecule has 0 aliphatic rings. The minimum absolute atomic E-state index is 0.310. The second kappa shape index (κ2) is 8.15. The van der Waals surface area contributed by atoms with Crippen LogP contribution in [-0.4, -0.2) is 19.2 Å². The summed E-state index contributed by atoms with van der Waals surface area (Å²) >= 11 is 0. The van der Waals surface area contributed by atoms with Crippen molar-refractivity contribution in [2.24, 2.45) is 0 Å². The van der Waals surface area contributed by atoms with Gasteiger partial charge in [-0.15, -0.1) is 0 Å². The maximum atomic E-state index is 5.84. The van der Waals surface area contributed by atoms with E-state index < -0.39 is 0 Å². The number of aryl methyl sites for hydroxylation is 1. The van der Waals surface area contributed by atoms with Gasteiger partial charge in [-0.2, -0.15) is 0 Å². The lowest BCUT2D eigenvalue weighted by atomic mass is 10.1. The molecule has 1 aromatic carbocycles. The van der Waals surface area contributed by atoms with Crippen LogP contribution in [0.15, 0.2) is 24.3 Å². The highest BCUT2D eigenvalue weighted by molar-refractivity contribution is 5.27. The highest BCUT2D eigenvalue weighted by Crippen LogP contribution is 2.16. The zero-order chi connectivity index (χ0) is 13.4. The molecule has 0 aromatic heterocycles. The van der Waals surface area contributed by atoms with Gasteiger partial charge < -0.3 is 10.1 Å². The van der Waals surface area contributed by atoms with Crippen molar-refractivity contribution < 1.29 is 4.74 Å². The third kappa shape index (κ3) is 5.54. The van der Waals surface area contributed by atoms with Crippen LogP contribution in [0.5, 0.6) is 5.75 Å². The average Bonchev–Trinajstić information content (AvgIpc) is 2.37. The van der Waals surface area contributed by atoms with Gasteiger partial charge in [-0.1, -0.05) is 25.5 Å². The van der Waals surface area contributed by atoms with Gasteiger partial charge >= 0.3 is 0 Å². The van der Waals surface area contributed by atoms with Crippen LogP contribution in [0.4, 0.5) is 0 Å². The molecule has 0 heterocycles. The van der Waals surface area contributed by atoms with Crippen molar-refractivity contribution in [3.05, 3.63) is 29.8 Å². The Bertz CT molecular complexity index is 320. The van der Waals surface area contributed by atoms with Crippen LogP contribution < -0.4 is 10.1 Å². The molecule has 0 aliphatic heterocycles.